The molecule has 0 unspecified atom stereocenters. The van der Waals surface area contributed by atoms with Crippen LogP contribution in [0.15, 0.2) is 36.8 Å². The smallest absolute Gasteiger partial charge is 0.257 e. The number of amides is 1. The summed E-state index contributed by atoms with van der Waals surface area (Å²) in [7, 11) is 1.80. The minimum absolute atomic E-state index is 0.205. The van der Waals surface area contributed by atoms with Gasteiger partial charge in [-0.15, -0.1) is 0 Å². The predicted octanol–water partition coefficient (Wildman–Crippen LogP) is 1.24. The molecule has 4 aromatic heterocycles. The van der Waals surface area contributed by atoms with Crippen molar-refractivity contribution < 1.29 is 19.4 Å². The summed E-state index contributed by atoms with van der Waals surface area (Å²) in [5, 5.41) is 21.3. The molecule has 2 aliphatic heterocycles. The number of carbonyl (C=O) groups is 1. The fourth-order valence-corrected chi connectivity index (χ4v) is 4.67. The van der Waals surface area contributed by atoms with Crippen LogP contribution in [-0.4, -0.2) is 80.8 Å². The summed E-state index contributed by atoms with van der Waals surface area (Å²) >= 11 is 0. The van der Waals surface area contributed by atoms with Crippen LogP contribution >= 0.6 is 0 Å². The Labute approximate surface area is 194 Å². The molecule has 0 bridgehead atoms. The average molecular weight is 463 g/mol. The second kappa shape index (κ2) is 8.35. The second-order valence-electron chi connectivity index (χ2n) is 8.60. The highest BCUT2D eigenvalue weighted by molar-refractivity contribution is 6.01. The van der Waals surface area contributed by atoms with Gasteiger partial charge in [0.1, 0.15) is 17.0 Å². The third kappa shape index (κ3) is 3.40. The first-order valence-electron chi connectivity index (χ1n) is 11.3. The van der Waals surface area contributed by atoms with Gasteiger partial charge in [0.05, 0.1) is 49.9 Å². The van der Waals surface area contributed by atoms with Crippen molar-refractivity contribution in [3.05, 3.63) is 42.4 Å². The number of fused-ring (bicyclic) bond motifs is 2. The highest BCUT2D eigenvalue weighted by atomic mass is 16.5. The lowest BCUT2D eigenvalue weighted by Gasteiger charge is -2.14. The summed E-state index contributed by atoms with van der Waals surface area (Å²) in [6.07, 6.45) is 5.54. The molecule has 11 heteroatoms. The molecule has 0 aliphatic carbocycles. The third-order valence-corrected chi connectivity index (χ3v) is 6.50. The molecular formula is C23H25N7O4. The van der Waals surface area contributed by atoms with Crippen LogP contribution in [0.1, 0.15) is 22.8 Å². The minimum atomic E-state index is -0.736. The van der Waals surface area contributed by atoms with Crippen LogP contribution in [0.2, 0.25) is 0 Å². The molecule has 6 rings (SSSR count). The lowest BCUT2D eigenvalue weighted by molar-refractivity contribution is 0.0888. The van der Waals surface area contributed by atoms with E-state index in [9.17, 15) is 9.90 Å². The second-order valence-corrected chi connectivity index (χ2v) is 8.60. The van der Waals surface area contributed by atoms with Crippen LogP contribution in [0.5, 0.6) is 0 Å². The van der Waals surface area contributed by atoms with E-state index in [2.05, 4.69) is 31.5 Å². The van der Waals surface area contributed by atoms with E-state index < -0.39 is 12.1 Å². The lowest BCUT2D eigenvalue weighted by Crippen LogP contribution is -2.42. The highest BCUT2D eigenvalue weighted by Gasteiger charge is 2.29. The largest absolute Gasteiger partial charge is 0.388 e. The summed E-state index contributed by atoms with van der Waals surface area (Å²) in [6.45, 7) is 1.85. The maximum atomic E-state index is 13.0. The third-order valence-electron chi connectivity index (χ3n) is 6.50. The van der Waals surface area contributed by atoms with Crippen molar-refractivity contribution >= 4 is 28.4 Å². The van der Waals surface area contributed by atoms with Crippen LogP contribution in [0.4, 0.5) is 5.82 Å². The van der Waals surface area contributed by atoms with E-state index in [-0.39, 0.29) is 25.2 Å². The van der Waals surface area contributed by atoms with Gasteiger partial charge in [0.2, 0.25) is 0 Å². The molecule has 11 nitrogen and oxygen atoms in total. The first-order valence-corrected chi connectivity index (χ1v) is 11.3. The van der Waals surface area contributed by atoms with Crippen LogP contribution < -0.4 is 10.6 Å². The number of hydrogen-bond donors (Lipinski definition) is 3. The molecular weight excluding hydrogens is 438 g/mol. The molecule has 3 atom stereocenters. The molecule has 34 heavy (non-hydrogen) atoms. The summed E-state index contributed by atoms with van der Waals surface area (Å²) in [5.74, 6) is 0.334. The van der Waals surface area contributed by atoms with E-state index in [0.29, 0.717) is 29.3 Å². The number of rotatable bonds is 5. The van der Waals surface area contributed by atoms with Gasteiger partial charge in [-0.1, -0.05) is 0 Å². The molecule has 3 N–H and O–H groups in total. The molecule has 1 amide bonds. The number of nitrogens with one attached hydrogen (secondary N) is 2. The van der Waals surface area contributed by atoms with E-state index in [1.807, 2.05) is 18.2 Å². The van der Waals surface area contributed by atoms with Crippen LogP contribution in [0.3, 0.4) is 0 Å². The molecule has 4 aromatic rings. The highest BCUT2D eigenvalue weighted by Crippen LogP contribution is 2.34. The van der Waals surface area contributed by atoms with Gasteiger partial charge in [0.15, 0.2) is 5.65 Å². The number of ether oxygens (including phenoxy) is 2. The standard InChI is InChI=1S/C23H25N7O4/c1-24-20-7-17(16-9-29(13-4-6-33-10-13)21-14(16)3-2-5-25-21)27-22-15(8-26-30(20)22)23(32)28-18-11-34-12-19(18)31/h2-3,5,7-9,13,18-19,24,31H,4,6,10-12H2,1H3,(H,28,32)/t13-,18+,19-/m1/s1. The Kier molecular flexibility index (Phi) is 5.16. The normalized spacial score (nSPS) is 22.6. The van der Waals surface area contributed by atoms with Crippen molar-refractivity contribution in [1.29, 1.82) is 0 Å². The quantitative estimate of drug-likeness (QED) is 0.403. The number of aliphatic hydroxyl groups excluding tert-OH is 1. The molecule has 176 valence electrons. The van der Waals surface area contributed by atoms with Crippen LogP contribution in [0.25, 0.3) is 27.9 Å². The van der Waals surface area contributed by atoms with Gasteiger partial charge in [-0.3, -0.25) is 4.79 Å². The number of hydrogen-bond acceptors (Lipinski definition) is 8. The fraction of sp³-hybridized carbons (Fsp3) is 0.391. The van der Waals surface area contributed by atoms with Crippen molar-refractivity contribution in [3.8, 4) is 11.3 Å². The van der Waals surface area contributed by atoms with Gasteiger partial charge >= 0.3 is 0 Å². The fourth-order valence-electron chi connectivity index (χ4n) is 4.67. The number of nitrogens with zero attached hydrogens (tertiary/aromatic N) is 5. The maximum absolute atomic E-state index is 13.0. The molecule has 2 saturated heterocycles. The zero-order chi connectivity index (χ0) is 23.2. The van der Waals surface area contributed by atoms with E-state index in [1.165, 1.54) is 6.20 Å². The van der Waals surface area contributed by atoms with Crippen molar-refractivity contribution in [3.63, 3.8) is 0 Å². The van der Waals surface area contributed by atoms with Gasteiger partial charge in [-0.2, -0.15) is 9.61 Å². The number of pyridine rings is 1. The average Bonchev–Trinajstić information content (AvgIpc) is 3.64. The molecule has 0 aromatic carbocycles. The van der Waals surface area contributed by atoms with Gasteiger partial charge in [0, 0.05) is 43.1 Å². The minimum Gasteiger partial charge on any atom is -0.388 e. The van der Waals surface area contributed by atoms with E-state index in [4.69, 9.17) is 14.5 Å². The molecule has 2 fully saturated rings. The topological polar surface area (TPSA) is 128 Å². The lowest BCUT2D eigenvalue weighted by atomic mass is 10.1. The monoisotopic (exact) mass is 463 g/mol. The van der Waals surface area contributed by atoms with Crippen molar-refractivity contribution in [2.24, 2.45) is 0 Å². The van der Waals surface area contributed by atoms with Crippen molar-refractivity contribution in [2.45, 2.75) is 24.6 Å². The van der Waals surface area contributed by atoms with Gasteiger partial charge in [-0.05, 0) is 18.6 Å². The molecule has 2 aliphatic rings. The van der Waals surface area contributed by atoms with Gasteiger partial charge in [0.25, 0.3) is 5.91 Å². The summed E-state index contributed by atoms with van der Waals surface area (Å²) in [4.78, 5) is 22.5. The summed E-state index contributed by atoms with van der Waals surface area (Å²) < 4.78 is 14.6. The Morgan fingerprint density at radius 2 is 2.15 bits per heavy atom. The molecule has 0 saturated carbocycles. The van der Waals surface area contributed by atoms with E-state index >= 15 is 0 Å². The number of aromatic nitrogens is 5. The first-order chi connectivity index (χ1) is 16.6. The Morgan fingerprint density at radius 3 is 2.91 bits per heavy atom. The zero-order valence-electron chi connectivity index (χ0n) is 18.6. The van der Waals surface area contributed by atoms with Crippen molar-refractivity contribution in [1.82, 2.24) is 29.5 Å². The molecule has 6 heterocycles. The Bertz CT molecular complexity index is 1370. The number of carbonyl (C=O) groups excluding carboxylic acids is 1. The van der Waals surface area contributed by atoms with Crippen molar-refractivity contribution in [2.75, 3.05) is 38.8 Å². The predicted molar refractivity (Wildman–Crippen MR) is 124 cm³/mol. The van der Waals surface area contributed by atoms with Crippen LogP contribution in [0, 0.1) is 0 Å². The number of anilines is 1. The molecule has 0 radical (unpaired) electrons. The summed E-state index contributed by atoms with van der Waals surface area (Å²) in [5.41, 5.74) is 3.24. The SMILES string of the molecule is CNc1cc(-c2cn([C@@H]3CCOC3)c3ncccc23)nc2c(C(=O)N[C@H]3COC[C@H]3O)cnn12. The Hall–Kier alpha value is -3.54. The maximum Gasteiger partial charge on any atom is 0.257 e. The van der Waals surface area contributed by atoms with Crippen LogP contribution in [-0.2, 0) is 9.47 Å². The Balaban J connectivity index is 1.46. The number of aliphatic hydroxyl groups is 1. The summed E-state index contributed by atoms with van der Waals surface area (Å²) in [6, 6.07) is 5.60. The Morgan fingerprint density at radius 1 is 1.24 bits per heavy atom. The molecule has 0 spiro atoms. The van der Waals surface area contributed by atoms with Gasteiger partial charge < -0.3 is 29.8 Å². The first kappa shape index (κ1) is 21.0. The van der Waals surface area contributed by atoms with E-state index in [1.54, 1.807) is 17.8 Å². The zero-order valence-corrected chi connectivity index (χ0v) is 18.6. The van der Waals surface area contributed by atoms with E-state index in [0.717, 1.165) is 29.6 Å². The van der Waals surface area contributed by atoms with Gasteiger partial charge in [-0.25, -0.2) is 9.97 Å².